The standard InChI is InChI=1S/C16H25N3O/c1-4-10-17-14(5-2)12-19-15-9-7-6-8-13(15)11-18(3)16(19)20/h6-9,14,17H,4-5,10-12H2,1-3H3. The van der Waals surface area contributed by atoms with E-state index in [0.29, 0.717) is 12.6 Å². The zero-order valence-electron chi connectivity index (χ0n) is 12.7. The summed E-state index contributed by atoms with van der Waals surface area (Å²) in [4.78, 5) is 16.1. The molecule has 4 nitrogen and oxygen atoms in total. The lowest BCUT2D eigenvalue weighted by atomic mass is 10.1. The summed E-state index contributed by atoms with van der Waals surface area (Å²) in [6.07, 6.45) is 2.14. The molecule has 1 aliphatic rings. The third-order valence-electron chi connectivity index (χ3n) is 3.83. The molecule has 1 aromatic carbocycles. The number of hydrogen-bond acceptors (Lipinski definition) is 2. The highest BCUT2D eigenvalue weighted by Gasteiger charge is 2.28. The van der Waals surface area contributed by atoms with Crippen molar-refractivity contribution in [3.8, 4) is 0 Å². The van der Waals surface area contributed by atoms with Crippen LogP contribution in [0.5, 0.6) is 0 Å². The lowest BCUT2D eigenvalue weighted by Gasteiger charge is -2.37. The Hall–Kier alpha value is -1.55. The van der Waals surface area contributed by atoms with Crippen LogP contribution in [0.4, 0.5) is 10.5 Å². The van der Waals surface area contributed by atoms with Crippen molar-refractivity contribution in [2.24, 2.45) is 0 Å². The Balaban J connectivity index is 2.18. The number of benzene rings is 1. The van der Waals surface area contributed by atoms with Gasteiger partial charge in [0, 0.05) is 26.2 Å². The largest absolute Gasteiger partial charge is 0.324 e. The van der Waals surface area contributed by atoms with Gasteiger partial charge in [0.25, 0.3) is 0 Å². The monoisotopic (exact) mass is 275 g/mol. The molecule has 0 saturated heterocycles. The summed E-state index contributed by atoms with van der Waals surface area (Å²) in [5.41, 5.74) is 2.28. The normalized spacial score (nSPS) is 16.2. The minimum absolute atomic E-state index is 0.0976. The van der Waals surface area contributed by atoms with Gasteiger partial charge in [-0.2, -0.15) is 0 Å². The fourth-order valence-corrected chi connectivity index (χ4v) is 2.62. The van der Waals surface area contributed by atoms with E-state index >= 15 is 0 Å². The van der Waals surface area contributed by atoms with E-state index in [0.717, 1.165) is 31.6 Å². The SMILES string of the molecule is CCCNC(CC)CN1C(=O)N(C)Cc2ccccc21. The van der Waals surface area contributed by atoms with Crippen molar-refractivity contribution >= 4 is 11.7 Å². The second kappa shape index (κ2) is 6.75. The van der Waals surface area contributed by atoms with E-state index in [4.69, 9.17) is 0 Å². The Kier molecular flexibility index (Phi) is 5.01. The first kappa shape index (κ1) is 14.9. The molecule has 0 spiro atoms. The lowest BCUT2D eigenvalue weighted by molar-refractivity contribution is 0.209. The molecular formula is C16H25N3O. The summed E-state index contributed by atoms with van der Waals surface area (Å²) >= 11 is 0. The summed E-state index contributed by atoms with van der Waals surface area (Å²) in [7, 11) is 1.87. The number of amides is 2. The Morgan fingerprint density at radius 1 is 1.30 bits per heavy atom. The Morgan fingerprint density at radius 3 is 2.75 bits per heavy atom. The minimum Gasteiger partial charge on any atom is -0.323 e. The summed E-state index contributed by atoms with van der Waals surface area (Å²) in [5, 5.41) is 3.52. The number of rotatable bonds is 6. The molecule has 20 heavy (non-hydrogen) atoms. The van der Waals surface area contributed by atoms with Crippen molar-refractivity contribution in [3.05, 3.63) is 29.8 Å². The number of carbonyl (C=O) groups excluding carboxylic acids is 1. The van der Waals surface area contributed by atoms with Crippen molar-refractivity contribution in [1.82, 2.24) is 10.2 Å². The highest BCUT2D eigenvalue weighted by atomic mass is 16.2. The molecule has 0 aliphatic carbocycles. The molecule has 1 N–H and O–H groups in total. The number of carbonyl (C=O) groups is 1. The first-order chi connectivity index (χ1) is 9.67. The van der Waals surface area contributed by atoms with E-state index in [1.807, 2.05) is 30.1 Å². The highest BCUT2D eigenvalue weighted by Crippen LogP contribution is 2.27. The molecule has 1 aromatic rings. The van der Waals surface area contributed by atoms with Crippen LogP contribution in [0, 0.1) is 0 Å². The van der Waals surface area contributed by atoms with Gasteiger partial charge < -0.3 is 10.2 Å². The molecule has 0 fully saturated rings. The summed E-state index contributed by atoms with van der Waals surface area (Å²) < 4.78 is 0. The summed E-state index contributed by atoms with van der Waals surface area (Å²) in [6.45, 7) is 6.76. The van der Waals surface area contributed by atoms with E-state index < -0.39 is 0 Å². The Labute approximate surface area is 121 Å². The maximum atomic E-state index is 12.4. The Morgan fingerprint density at radius 2 is 2.05 bits per heavy atom. The van der Waals surface area contributed by atoms with Crippen LogP contribution in [0.1, 0.15) is 32.3 Å². The van der Waals surface area contributed by atoms with Crippen LogP contribution in [0.15, 0.2) is 24.3 Å². The van der Waals surface area contributed by atoms with Gasteiger partial charge in [-0.1, -0.05) is 32.0 Å². The van der Waals surface area contributed by atoms with Gasteiger partial charge in [0.15, 0.2) is 0 Å². The minimum atomic E-state index is 0.0976. The van der Waals surface area contributed by atoms with E-state index in [2.05, 4.69) is 25.2 Å². The van der Waals surface area contributed by atoms with Crippen molar-refractivity contribution in [2.45, 2.75) is 39.3 Å². The maximum absolute atomic E-state index is 12.4. The highest BCUT2D eigenvalue weighted by molar-refractivity contribution is 5.94. The number of anilines is 1. The average molecular weight is 275 g/mol. The first-order valence-electron chi connectivity index (χ1n) is 7.51. The van der Waals surface area contributed by atoms with Crippen LogP contribution in [0.25, 0.3) is 0 Å². The van der Waals surface area contributed by atoms with Crippen LogP contribution in [-0.2, 0) is 6.54 Å². The van der Waals surface area contributed by atoms with Gasteiger partial charge in [0.1, 0.15) is 0 Å². The molecule has 1 aliphatic heterocycles. The smallest absolute Gasteiger partial charge is 0.323 e. The quantitative estimate of drug-likeness (QED) is 0.866. The number of hydrogen-bond donors (Lipinski definition) is 1. The number of urea groups is 1. The molecule has 1 atom stereocenters. The van der Waals surface area contributed by atoms with Crippen molar-refractivity contribution in [2.75, 3.05) is 25.0 Å². The molecule has 0 aromatic heterocycles. The number of nitrogens with zero attached hydrogens (tertiary/aromatic N) is 2. The number of nitrogens with one attached hydrogen (secondary N) is 1. The van der Waals surface area contributed by atoms with Gasteiger partial charge in [-0.3, -0.25) is 4.90 Å². The van der Waals surface area contributed by atoms with Gasteiger partial charge in [-0.25, -0.2) is 4.79 Å². The molecule has 1 heterocycles. The molecule has 110 valence electrons. The van der Waals surface area contributed by atoms with E-state index in [1.54, 1.807) is 4.90 Å². The van der Waals surface area contributed by atoms with Crippen LogP contribution in [-0.4, -0.2) is 37.1 Å². The fourth-order valence-electron chi connectivity index (χ4n) is 2.62. The molecule has 4 heteroatoms. The molecule has 0 bridgehead atoms. The van der Waals surface area contributed by atoms with Crippen molar-refractivity contribution in [1.29, 1.82) is 0 Å². The molecule has 2 rings (SSSR count). The van der Waals surface area contributed by atoms with Crippen LogP contribution < -0.4 is 10.2 Å². The van der Waals surface area contributed by atoms with Crippen molar-refractivity contribution < 1.29 is 4.79 Å². The number of para-hydroxylation sites is 1. The van der Waals surface area contributed by atoms with Gasteiger partial charge in [-0.15, -0.1) is 0 Å². The molecule has 1 unspecified atom stereocenters. The zero-order valence-corrected chi connectivity index (χ0v) is 12.7. The van der Waals surface area contributed by atoms with Crippen LogP contribution >= 0.6 is 0 Å². The van der Waals surface area contributed by atoms with Crippen LogP contribution in [0.2, 0.25) is 0 Å². The Bertz CT molecular complexity index is 461. The maximum Gasteiger partial charge on any atom is 0.324 e. The second-order valence-corrected chi connectivity index (χ2v) is 5.44. The first-order valence-corrected chi connectivity index (χ1v) is 7.51. The van der Waals surface area contributed by atoms with Crippen LogP contribution in [0.3, 0.4) is 0 Å². The second-order valence-electron chi connectivity index (χ2n) is 5.44. The topological polar surface area (TPSA) is 35.6 Å². The predicted octanol–water partition coefficient (Wildman–Crippen LogP) is 2.84. The van der Waals surface area contributed by atoms with Gasteiger partial charge in [0.05, 0.1) is 5.69 Å². The van der Waals surface area contributed by atoms with Gasteiger partial charge in [-0.05, 0) is 31.0 Å². The average Bonchev–Trinajstić information content (AvgIpc) is 2.47. The van der Waals surface area contributed by atoms with Gasteiger partial charge >= 0.3 is 6.03 Å². The van der Waals surface area contributed by atoms with E-state index in [-0.39, 0.29) is 6.03 Å². The van der Waals surface area contributed by atoms with Gasteiger partial charge in [0.2, 0.25) is 0 Å². The third kappa shape index (κ3) is 3.12. The van der Waals surface area contributed by atoms with E-state index in [1.165, 1.54) is 5.56 Å². The fraction of sp³-hybridized carbons (Fsp3) is 0.562. The summed E-state index contributed by atoms with van der Waals surface area (Å²) in [5.74, 6) is 0. The molecular weight excluding hydrogens is 250 g/mol. The number of fused-ring (bicyclic) bond motifs is 1. The zero-order chi connectivity index (χ0) is 14.5. The lowest BCUT2D eigenvalue weighted by Crippen LogP contribution is -2.50. The summed E-state index contributed by atoms with van der Waals surface area (Å²) in [6, 6.07) is 8.63. The molecule has 2 amide bonds. The molecule has 0 radical (unpaired) electrons. The third-order valence-corrected chi connectivity index (χ3v) is 3.83. The molecule has 0 saturated carbocycles. The van der Waals surface area contributed by atoms with E-state index in [9.17, 15) is 4.79 Å². The predicted molar refractivity (Wildman–Crippen MR) is 83.0 cm³/mol. The van der Waals surface area contributed by atoms with Crippen molar-refractivity contribution in [3.63, 3.8) is 0 Å².